The van der Waals surface area contributed by atoms with Crippen molar-refractivity contribution in [3.63, 3.8) is 0 Å². The summed E-state index contributed by atoms with van der Waals surface area (Å²) in [4.78, 5) is 24.0. The van der Waals surface area contributed by atoms with Crippen LogP contribution in [-0.2, 0) is 14.3 Å². The molecule has 302 valence electrons. The number of rotatable bonds is 43. The SMILES string of the molecule is CCCCCCCC/C=C\CCCCCCCCCCCC(=O)OC(=O)CCCCCCCCCCCCCCCCCCCCCCCCC. The summed E-state index contributed by atoms with van der Waals surface area (Å²) in [6.07, 6.45) is 58.8. The van der Waals surface area contributed by atoms with Crippen molar-refractivity contribution < 1.29 is 14.3 Å². The third kappa shape index (κ3) is 45.0. The molecule has 0 aliphatic rings. The van der Waals surface area contributed by atoms with Crippen molar-refractivity contribution >= 4 is 11.9 Å². The maximum atomic E-state index is 12.0. The van der Waals surface area contributed by atoms with E-state index < -0.39 is 0 Å². The molecule has 3 heteroatoms. The second kappa shape index (κ2) is 45.0. The van der Waals surface area contributed by atoms with Crippen LogP contribution in [0, 0.1) is 0 Å². The molecule has 0 saturated carbocycles. The molecule has 0 rings (SSSR count). The van der Waals surface area contributed by atoms with E-state index in [1.807, 2.05) is 0 Å². The molecule has 0 aliphatic carbocycles. The lowest BCUT2D eigenvalue weighted by Gasteiger charge is -2.05. The Morgan fingerprint density at radius 3 is 0.725 bits per heavy atom. The molecule has 0 radical (unpaired) electrons. The van der Waals surface area contributed by atoms with Gasteiger partial charge in [-0.2, -0.15) is 0 Å². The van der Waals surface area contributed by atoms with Gasteiger partial charge in [0.15, 0.2) is 0 Å². The van der Waals surface area contributed by atoms with Crippen LogP contribution in [0.2, 0.25) is 0 Å². The van der Waals surface area contributed by atoms with Crippen LogP contribution in [0.5, 0.6) is 0 Å². The maximum absolute atomic E-state index is 12.0. The molecular formula is C48H92O3. The first kappa shape index (κ1) is 49.9. The number of hydrogen-bond donors (Lipinski definition) is 0. The summed E-state index contributed by atoms with van der Waals surface area (Å²) in [6, 6.07) is 0. The van der Waals surface area contributed by atoms with Crippen molar-refractivity contribution in [3.8, 4) is 0 Å². The number of unbranched alkanes of at least 4 members (excludes halogenated alkanes) is 37. The van der Waals surface area contributed by atoms with Crippen LogP contribution in [0.25, 0.3) is 0 Å². The average Bonchev–Trinajstić information content (AvgIpc) is 3.12. The van der Waals surface area contributed by atoms with Crippen molar-refractivity contribution in [2.45, 2.75) is 284 Å². The first-order valence-corrected chi connectivity index (χ1v) is 23.6. The second-order valence-corrected chi connectivity index (χ2v) is 16.1. The minimum Gasteiger partial charge on any atom is -0.393 e. The highest BCUT2D eigenvalue weighted by Crippen LogP contribution is 2.17. The third-order valence-electron chi connectivity index (χ3n) is 10.9. The predicted octanol–water partition coefficient (Wildman–Crippen LogP) is 17.0. The van der Waals surface area contributed by atoms with Gasteiger partial charge < -0.3 is 4.74 Å². The van der Waals surface area contributed by atoms with Crippen LogP contribution in [0.3, 0.4) is 0 Å². The average molecular weight is 717 g/mol. The molecule has 0 N–H and O–H groups in total. The van der Waals surface area contributed by atoms with Gasteiger partial charge in [-0.1, -0.05) is 244 Å². The van der Waals surface area contributed by atoms with E-state index in [1.165, 1.54) is 231 Å². The third-order valence-corrected chi connectivity index (χ3v) is 10.9. The van der Waals surface area contributed by atoms with Crippen LogP contribution < -0.4 is 0 Å². The molecule has 0 aromatic heterocycles. The smallest absolute Gasteiger partial charge is 0.313 e. The highest BCUT2D eigenvalue weighted by molar-refractivity contribution is 5.85. The van der Waals surface area contributed by atoms with Gasteiger partial charge in [-0.05, 0) is 38.5 Å². The molecule has 0 saturated heterocycles. The molecule has 0 aliphatic heterocycles. The summed E-state index contributed by atoms with van der Waals surface area (Å²) < 4.78 is 5.05. The molecule has 0 amide bonds. The van der Waals surface area contributed by atoms with Gasteiger partial charge >= 0.3 is 11.9 Å². The molecule has 0 bridgehead atoms. The van der Waals surface area contributed by atoms with Gasteiger partial charge in [-0.25, -0.2) is 0 Å². The summed E-state index contributed by atoms with van der Waals surface area (Å²) in [6.45, 7) is 4.57. The first-order valence-electron chi connectivity index (χ1n) is 23.6. The summed E-state index contributed by atoms with van der Waals surface area (Å²) in [5.74, 6) is -0.646. The van der Waals surface area contributed by atoms with Gasteiger partial charge in [0.05, 0.1) is 0 Å². The monoisotopic (exact) mass is 717 g/mol. The number of ether oxygens (including phenoxy) is 1. The van der Waals surface area contributed by atoms with E-state index >= 15 is 0 Å². The number of allylic oxidation sites excluding steroid dienone is 2. The number of carbonyl (C=O) groups is 2. The lowest BCUT2D eigenvalue weighted by atomic mass is 10.0. The van der Waals surface area contributed by atoms with Gasteiger partial charge in [0.2, 0.25) is 0 Å². The van der Waals surface area contributed by atoms with Crippen molar-refractivity contribution in [3.05, 3.63) is 12.2 Å². The molecule has 0 atom stereocenters. The number of carbonyl (C=O) groups excluding carboxylic acids is 2. The van der Waals surface area contributed by atoms with Crippen LogP contribution in [0.15, 0.2) is 12.2 Å². The summed E-state index contributed by atoms with van der Waals surface area (Å²) in [7, 11) is 0. The quantitative estimate of drug-likeness (QED) is 0.0273. The Balaban J connectivity index is 3.27. The molecule has 0 unspecified atom stereocenters. The minimum absolute atomic E-state index is 0.322. The Hall–Kier alpha value is -1.12. The largest absolute Gasteiger partial charge is 0.393 e. The van der Waals surface area contributed by atoms with Crippen LogP contribution in [0.1, 0.15) is 284 Å². The topological polar surface area (TPSA) is 43.4 Å². The zero-order valence-corrected chi connectivity index (χ0v) is 35.1. The van der Waals surface area contributed by atoms with Gasteiger partial charge in [-0.15, -0.1) is 0 Å². The summed E-state index contributed by atoms with van der Waals surface area (Å²) in [5, 5.41) is 0. The normalized spacial score (nSPS) is 11.6. The van der Waals surface area contributed by atoms with Crippen molar-refractivity contribution in [1.82, 2.24) is 0 Å². The zero-order chi connectivity index (χ0) is 37.0. The number of esters is 2. The van der Waals surface area contributed by atoms with E-state index in [9.17, 15) is 9.59 Å². The highest BCUT2D eigenvalue weighted by atomic mass is 16.6. The van der Waals surface area contributed by atoms with Crippen molar-refractivity contribution in [1.29, 1.82) is 0 Å². The summed E-state index contributed by atoms with van der Waals surface area (Å²) in [5.41, 5.74) is 0. The van der Waals surface area contributed by atoms with E-state index in [1.54, 1.807) is 0 Å². The fourth-order valence-corrected chi connectivity index (χ4v) is 7.33. The Labute approximate surface area is 321 Å². The fourth-order valence-electron chi connectivity index (χ4n) is 7.33. The van der Waals surface area contributed by atoms with E-state index in [4.69, 9.17) is 4.74 Å². The molecule has 0 fully saturated rings. The number of hydrogen-bond acceptors (Lipinski definition) is 3. The van der Waals surface area contributed by atoms with E-state index in [2.05, 4.69) is 26.0 Å². The molecule has 0 aromatic rings. The Morgan fingerprint density at radius 2 is 0.490 bits per heavy atom. The Morgan fingerprint density at radius 1 is 0.294 bits per heavy atom. The highest BCUT2D eigenvalue weighted by Gasteiger charge is 2.10. The van der Waals surface area contributed by atoms with Gasteiger partial charge in [0.1, 0.15) is 0 Å². The van der Waals surface area contributed by atoms with Gasteiger partial charge in [0, 0.05) is 12.8 Å². The molecular weight excluding hydrogens is 625 g/mol. The van der Waals surface area contributed by atoms with Crippen LogP contribution in [0.4, 0.5) is 0 Å². The molecule has 0 aromatic carbocycles. The summed E-state index contributed by atoms with van der Waals surface area (Å²) >= 11 is 0. The fraction of sp³-hybridized carbons (Fsp3) is 0.917. The van der Waals surface area contributed by atoms with Crippen LogP contribution >= 0.6 is 0 Å². The Kier molecular flexibility index (Phi) is 44.0. The maximum Gasteiger partial charge on any atom is 0.313 e. The zero-order valence-electron chi connectivity index (χ0n) is 35.1. The van der Waals surface area contributed by atoms with E-state index in [-0.39, 0.29) is 11.9 Å². The minimum atomic E-state index is -0.324. The standard InChI is InChI=1S/C48H92O3/c1-3-5-7-9-11-13-15-17-19-21-23-24-25-26-28-30-32-34-36-38-40-42-44-46-48(50)51-47(49)45-43-41-39-37-35-33-31-29-27-22-20-18-16-14-12-10-8-6-4-2/h18,20H,3-17,19,21-46H2,1-2H3/b20-18-. The van der Waals surface area contributed by atoms with Crippen molar-refractivity contribution in [2.24, 2.45) is 0 Å². The Bertz CT molecular complexity index is 713. The van der Waals surface area contributed by atoms with E-state index in [0.717, 1.165) is 25.7 Å². The van der Waals surface area contributed by atoms with E-state index in [0.29, 0.717) is 12.8 Å². The van der Waals surface area contributed by atoms with Crippen molar-refractivity contribution in [2.75, 3.05) is 0 Å². The second-order valence-electron chi connectivity index (χ2n) is 16.1. The molecule has 3 nitrogen and oxygen atoms in total. The van der Waals surface area contributed by atoms with Crippen LogP contribution in [-0.4, -0.2) is 11.9 Å². The molecule has 51 heavy (non-hydrogen) atoms. The molecule has 0 spiro atoms. The molecule has 0 heterocycles. The lowest BCUT2D eigenvalue weighted by Crippen LogP contribution is -2.11. The predicted molar refractivity (Wildman–Crippen MR) is 226 cm³/mol. The first-order chi connectivity index (χ1) is 25.2. The van der Waals surface area contributed by atoms with Gasteiger partial charge in [-0.3, -0.25) is 9.59 Å². The lowest BCUT2D eigenvalue weighted by molar-refractivity contribution is -0.159. The van der Waals surface area contributed by atoms with Gasteiger partial charge in [0.25, 0.3) is 0 Å².